The first-order chi connectivity index (χ1) is 19.1. The second-order valence-electron chi connectivity index (χ2n) is 12.9. The van der Waals surface area contributed by atoms with Gasteiger partial charge in [0.2, 0.25) is 0 Å². The molecule has 0 saturated carbocycles. The lowest BCUT2D eigenvalue weighted by molar-refractivity contribution is 0.307. The molecule has 6 rings (SSSR count). The maximum absolute atomic E-state index is 6.57. The van der Waals surface area contributed by atoms with Crippen LogP contribution in [0.5, 0.6) is 5.75 Å². The van der Waals surface area contributed by atoms with Crippen molar-refractivity contribution in [3.63, 3.8) is 0 Å². The summed E-state index contributed by atoms with van der Waals surface area (Å²) in [4.78, 5) is 0. The monoisotopic (exact) mass is 540 g/mol. The lowest BCUT2D eigenvalue weighted by atomic mass is 9.79. The molecule has 0 atom stereocenters. The number of ether oxygens (including phenoxy) is 1. The highest BCUT2D eigenvalue weighted by Crippen LogP contribution is 2.40. The molecule has 5 aromatic rings. The average molecular weight is 541 g/mol. The van der Waals surface area contributed by atoms with E-state index in [-0.39, 0.29) is 10.8 Å². The van der Waals surface area contributed by atoms with Gasteiger partial charge in [0, 0.05) is 16.2 Å². The third-order valence-electron chi connectivity index (χ3n) is 7.86. The maximum atomic E-state index is 6.57. The molecule has 0 radical (unpaired) electrons. The molecule has 1 nitrogen and oxygen atoms in total. The largest absolute Gasteiger partial charge is 0.489 e. The van der Waals surface area contributed by atoms with Crippen LogP contribution in [0.3, 0.4) is 0 Å². The van der Waals surface area contributed by atoms with E-state index < -0.39 is 0 Å². The highest BCUT2D eigenvalue weighted by molar-refractivity contribution is 7.50. The summed E-state index contributed by atoms with van der Waals surface area (Å²) < 4.78 is 6.57. The molecular weight excluding hydrogens is 503 g/mol. The number of rotatable bonds is 4. The van der Waals surface area contributed by atoms with Crippen LogP contribution >= 0.6 is 8.20 Å². The van der Waals surface area contributed by atoms with Crippen LogP contribution in [-0.4, -0.2) is 5.29 Å². The fraction of sp³-hybridized carbons (Fsp3) is 0.237. The van der Waals surface area contributed by atoms with Gasteiger partial charge in [0.05, 0.1) is 0 Å². The van der Waals surface area contributed by atoms with Gasteiger partial charge in [-0.15, -0.1) is 0 Å². The van der Waals surface area contributed by atoms with Gasteiger partial charge >= 0.3 is 0 Å². The summed E-state index contributed by atoms with van der Waals surface area (Å²) >= 11 is 0. The third kappa shape index (κ3) is 5.00. The van der Waals surface area contributed by atoms with Crippen LogP contribution in [0.4, 0.5) is 0 Å². The summed E-state index contributed by atoms with van der Waals surface area (Å²) in [6, 6.07) is 37.4. The maximum Gasteiger partial charge on any atom is 0.120 e. The first kappa shape index (κ1) is 26.5. The molecule has 0 N–H and O–H groups in total. The number of hydrogen-bond acceptors (Lipinski definition) is 1. The zero-order valence-electron chi connectivity index (χ0n) is 24.4. The smallest absolute Gasteiger partial charge is 0.120 e. The van der Waals surface area contributed by atoms with Gasteiger partial charge in [0.15, 0.2) is 0 Å². The Labute approximate surface area is 240 Å². The molecule has 5 aromatic carbocycles. The Morgan fingerprint density at radius 3 is 1.75 bits per heavy atom. The SMILES string of the molecule is CC(C)(C)c1cc(COc2ccc3ccccc3c2)c(P=C2c3ccccc3-c3ccccc32)c(C(C)(C)C)c1. The highest BCUT2D eigenvalue weighted by Gasteiger charge is 2.28. The highest BCUT2D eigenvalue weighted by atomic mass is 31.1. The van der Waals surface area contributed by atoms with E-state index in [1.165, 1.54) is 68.5 Å². The predicted molar refractivity (Wildman–Crippen MR) is 174 cm³/mol. The Balaban J connectivity index is 1.53. The van der Waals surface area contributed by atoms with Crippen molar-refractivity contribution < 1.29 is 4.74 Å². The molecule has 1 aliphatic carbocycles. The molecule has 1 aliphatic rings. The van der Waals surface area contributed by atoms with Crippen molar-refractivity contribution in [2.24, 2.45) is 0 Å². The molecular formula is C38H37OP. The molecule has 40 heavy (non-hydrogen) atoms. The van der Waals surface area contributed by atoms with E-state index >= 15 is 0 Å². The molecule has 0 bridgehead atoms. The summed E-state index contributed by atoms with van der Waals surface area (Å²) in [5, 5.41) is 5.18. The summed E-state index contributed by atoms with van der Waals surface area (Å²) in [5.41, 5.74) is 9.38. The summed E-state index contributed by atoms with van der Waals surface area (Å²) in [6.45, 7) is 14.5. The Kier molecular flexibility index (Phi) is 6.68. The van der Waals surface area contributed by atoms with Crippen LogP contribution in [0, 0.1) is 0 Å². The van der Waals surface area contributed by atoms with E-state index in [0.29, 0.717) is 6.61 Å². The van der Waals surface area contributed by atoms with Gasteiger partial charge in [-0.3, -0.25) is 0 Å². The molecule has 0 aromatic heterocycles. The quantitative estimate of drug-likeness (QED) is 0.202. The van der Waals surface area contributed by atoms with Gasteiger partial charge in [-0.05, 0) is 67.1 Å². The van der Waals surface area contributed by atoms with Crippen LogP contribution < -0.4 is 10.0 Å². The van der Waals surface area contributed by atoms with E-state index in [1.807, 2.05) is 0 Å². The summed E-state index contributed by atoms with van der Waals surface area (Å²) in [6.07, 6.45) is 0. The fourth-order valence-corrected chi connectivity index (χ4v) is 7.23. The van der Waals surface area contributed by atoms with Crippen LogP contribution in [-0.2, 0) is 17.4 Å². The summed E-state index contributed by atoms with van der Waals surface area (Å²) in [7, 11) is 1.22. The Bertz CT molecular complexity index is 1710. The van der Waals surface area contributed by atoms with E-state index in [9.17, 15) is 0 Å². The standard InChI is InChI=1S/C38H37OP/c1-37(2,3)28-21-27(24-39-29-20-19-25-13-7-8-14-26(25)22-29)35(34(23-28)38(4,5)6)40-36-32-17-11-9-15-30(32)31-16-10-12-18-33(31)36/h7-23H,24H2,1-6H3. The van der Waals surface area contributed by atoms with Crippen molar-refractivity contribution in [3.8, 4) is 16.9 Å². The second-order valence-corrected chi connectivity index (χ2v) is 14.0. The van der Waals surface area contributed by atoms with Crippen molar-refractivity contribution in [2.45, 2.75) is 59.0 Å². The van der Waals surface area contributed by atoms with Crippen molar-refractivity contribution in [2.75, 3.05) is 0 Å². The van der Waals surface area contributed by atoms with Crippen molar-refractivity contribution in [1.82, 2.24) is 0 Å². The van der Waals surface area contributed by atoms with Crippen LogP contribution in [0.25, 0.3) is 21.9 Å². The van der Waals surface area contributed by atoms with Gasteiger partial charge in [-0.1, -0.05) is 141 Å². The zero-order chi connectivity index (χ0) is 28.1. The molecule has 0 saturated heterocycles. The van der Waals surface area contributed by atoms with Crippen LogP contribution in [0.1, 0.15) is 69.4 Å². The first-order valence-corrected chi connectivity index (χ1v) is 15.1. The first-order valence-electron chi connectivity index (χ1n) is 14.2. The Morgan fingerprint density at radius 2 is 1.15 bits per heavy atom. The predicted octanol–water partition coefficient (Wildman–Crippen LogP) is 9.83. The number of hydrogen-bond donors (Lipinski definition) is 0. The van der Waals surface area contributed by atoms with E-state index in [4.69, 9.17) is 4.74 Å². The zero-order valence-corrected chi connectivity index (χ0v) is 25.3. The molecule has 0 spiro atoms. The Hall–Kier alpha value is -3.67. The third-order valence-corrected chi connectivity index (χ3v) is 9.31. The minimum absolute atomic E-state index is 0.0144. The Morgan fingerprint density at radius 1 is 0.575 bits per heavy atom. The molecule has 0 unspecified atom stereocenters. The van der Waals surface area contributed by atoms with Crippen molar-refractivity contribution in [3.05, 3.63) is 131 Å². The van der Waals surface area contributed by atoms with Crippen LogP contribution in [0.15, 0.2) is 103 Å². The molecule has 0 amide bonds. The molecule has 2 heteroatoms. The topological polar surface area (TPSA) is 9.23 Å². The fourth-order valence-electron chi connectivity index (χ4n) is 5.59. The van der Waals surface area contributed by atoms with Crippen molar-refractivity contribution in [1.29, 1.82) is 0 Å². The van der Waals surface area contributed by atoms with Gasteiger partial charge < -0.3 is 4.74 Å². The van der Waals surface area contributed by atoms with Crippen molar-refractivity contribution >= 4 is 29.6 Å². The summed E-state index contributed by atoms with van der Waals surface area (Å²) in [5.74, 6) is 0.906. The number of fused-ring (bicyclic) bond motifs is 4. The van der Waals surface area contributed by atoms with E-state index in [0.717, 1.165) is 5.75 Å². The molecule has 0 heterocycles. The molecule has 0 aliphatic heterocycles. The van der Waals surface area contributed by atoms with Crippen LogP contribution in [0.2, 0.25) is 0 Å². The average Bonchev–Trinajstić information content (AvgIpc) is 3.24. The van der Waals surface area contributed by atoms with Gasteiger partial charge in [0.1, 0.15) is 12.4 Å². The minimum atomic E-state index is -0.0144. The van der Waals surface area contributed by atoms with Gasteiger partial charge in [-0.25, -0.2) is 0 Å². The van der Waals surface area contributed by atoms with E-state index in [1.54, 1.807) is 0 Å². The lowest BCUT2D eigenvalue weighted by Crippen LogP contribution is -2.26. The second kappa shape index (κ2) is 10.1. The normalized spacial score (nSPS) is 13.0. The molecule has 200 valence electrons. The molecule has 0 fully saturated rings. The minimum Gasteiger partial charge on any atom is -0.489 e. The van der Waals surface area contributed by atoms with E-state index in [2.05, 4.69) is 145 Å². The lowest BCUT2D eigenvalue weighted by Gasteiger charge is -2.29. The van der Waals surface area contributed by atoms with Gasteiger partial charge in [0.25, 0.3) is 0 Å². The number of benzene rings is 5. The van der Waals surface area contributed by atoms with Gasteiger partial charge in [-0.2, -0.15) is 0 Å².